The molecule has 0 rings (SSSR count). The first-order chi connectivity index (χ1) is 30.2. The Bertz CT molecular complexity index is 1080. The molecule has 0 aliphatic heterocycles. The Kier molecular flexibility index (Phi) is 60.8. The summed E-state index contributed by atoms with van der Waals surface area (Å²) in [5.74, 6) is 0. The predicted molar refractivity (Wildman–Crippen MR) is 229 cm³/mol. The van der Waals surface area contributed by atoms with Crippen molar-refractivity contribution >= 4 is 145 Å². The van der Waals surface area contributed by atoms with Gasteiger partial charge in [0.15, 0.2) is 0 Å². The van der Waals surface area contributed by atoms with Crippen molar-refractivity contribution in [2.75, 3.05) is 52.4 Å². The minimum absolute atomic E-state index is 1.10. The molecule has 0 aliphatic carbocycles. The van der Waals surface area contributed by atoms with E-state index in [4.69, 9.17) is 30.6 Å². The van der Waals surface area contributed by atoms with Crippen molar-refractivity contribution in [3.8, 4) is 0 Å². The Hall–Kier alpha value is -5.80. The lowest BCUT2D eigenvalue weighted by molar-refractivity contribution is -0.921. The highest BCUT2D eigenvalue weighted by Crippen LogP contribution is 2.04. The van der Waals surface area contributed by atoms with Crippen LogP contribution in [0.5, 0.6) is 0 Å². The molecule has 32 nitrogen and oxygen atoms in total. The standard InChI is InChI=1S/2C8H20N.6C2H2O5S/c2*1-5-9(6-2,7-3)8-4;6*3-1(4)6-7-2(5)8/h2*5-8H2,1-4H3;6*(H,3,4)(H,5,8)/q2*+1;;;;;;/p-2. The number of carboxylic acid groups (broad SMARTS) is 6. The van der Waals surface area contributed by atoms with Crippen LogP contribution in [0.1, 0.15) is 55.4 Å². The molecule has 0 radical (unpaired) electrons. The lowest BCUT2D eigenvalue weighted by Crippen LogP contribution is -2.47. The maximum atomic E-state index is 9.60. The van der Waals surface area contributed by atoms with Gasteiger partial charge in [-0.1, -0.05) is 50.5 Å². The molecule has 0 heterocycles. The van der Waals surface area contributed by atoms with Gasteiger partial charge in [-0.15, -0.1) is 0 Å². The van der Waals surface area contributed by atoms with Crippen molar-refractivity contribution in [2.45, 2.75) is 55.4 Å². The van der Waals surface area contributed by atoms with Crippen LogP contribution < -0.4 is 0 Å². The second-order valence-electron chi connectivity index (χ2n) is 9.37. The van der Waals surface area contributed by atoms with Gasteiger partial charge in [-0.3, -0.25) is 19.4 Å². The lowest BCUT2D eigenvalue weighted by atomic mass is 10.3. The molecule has 38 heteroatoms. The molecule has 0 aromatic rings. The largest absolute Gasteiger partial charge is 0.693 e. The van der Waals surface area contributed by atoms with Crippen LogP contribution >= 0.6 is 50.5 Å². The minimum Gasteiger partial charge on any atom is -0.693 e. The number of carbonyl (C=O) groups is 12. The lowest BCUT2D eigenvalue weighted by Gasteiger charge is -2.34. The zero-order valence-electron chi connectivity index (χ0n) is 35.6. The molecule has 6 N–H and O–H groups in total. The van der Waals surface area contributed by atoms with Gasteiger partial charge in [-0.2, -0.15) is 0 Å². The molecule has 0 spiro atoms. The van der Waals surface area contributed by atoms with Crippen molar-refractivity contribution < 1.29 is 156 Å². The van der Waals surface area contributed by atoms with Crippen LogP contribution in [0, 0.1) is 0 Å². The monoisotopic (exact) mass is 1090 g/mol. The SMILES string of the molecule is CC[N+](CC)(CC)CC.CC[N+](CC)(CC)CC.O=C(O)OOC(=O)S.O=C(O)OOC(=O)S.O=C(O)OOC(=O)S.O=C(O)OOC(=O)S.O=C(O)OOC(=O)[S-].O=C(O)OOC(=O)[S-]. The number of quaternary nitrogens is 2. The van der Waals surface area contributed by atoms with Crippen LogP contribution in [0.4, 0.5) is 57.5 Å². The van der Waals surface area contributed by atoms with Gasteiger partial charge < -0.3 is 64.9 Å². The Morgan fingerprint density at radius 1 is 0.303 bits per heavy atom. The van der Waals surface area contributed by atoms with Gasteiger partial charge in [0.1, 0.15) is 0 Å². The van der Waals surface area contributed by atoms with Gasteiger partial charge in [-0.05, 0) is 55.4 Å². The van der Waals surface area contributed by atoms with Crippen LogP contribution in [-0.4, -0.2) is 161 Å². The normalized spacial score (nSPS) is 8.79. The molecule has 0 bridgehead atoms. The highest BCUT2D eigenvalue weighted by molar-refractivity contribution is 7.96. The quantitative estimate of drug-likeness (QED) is 0.0385. The summed E-state index contributed by atoms with van der Waals surface area (Å²) in [5, 5.41) is 38.9. The summed E-state index contributed by atoms with van der Waals surface area (Å²) in [5.41, 5.74) is 0. The molecule has 0 aromatic heterocycles. The molecular weight excluding hydrogens is 1040 g/mol. The van der Waals surface area contributed by atoms with Crippen molar-refractivity contribution in [1.82, 2.24) is 0 Å². The van der Waals surface area contributed by atoms with Crippen molar-refractivity contribution in [2.24, 2.45) is 0 Å². The number of nitrogens with zero attached hydrogens (tertiary/aromatic N) is 2. The van der Waals surface area contributed by atoms with Crippen LogP contribution in [0.2, 0.25) is 0 Å². The maximum Gasteiger partial charge on any atom is 0.547 e. The van der Waals surface area contributed by atoms with Crippen molar-refractivity contribution in [3.63, 3.8) is 0 Å². The molecule has 0 aromatic carbocycles. The minimum atomic E-state index is -1.71. The fraction of sp³-hybridized carbons (Fsp3) is 0.571. The molecular formula is C28H50N2O30S6. The summed E-state index contributed by atoms with van der Waals surface area (Å²) in [6, 6.07) is 0. The summed E-state index contributed by atoms with van der Waals surface area (Å²) in [6.07, 6.45) is -10.2. The first-order valence-electron chi connectivity index (χ1n) is 16.7. The third kappa shape index (κ3) is 82.0. The van der Waals surface area contributed by atoms with E-state index >= 15 is 0 Å². The molecule has 0 saturated carbocycles. The second-order valence-corrected chi connectivity index (χ2v) is 11.5. The number of thiol groups is 4. The Morgan fingerprint density at radius 3 is 0.455 bits per heavy atom. The fourth-order valence-corrected chi connectivity index (χ4v) is 3.32. The van der Waals surface area contributed by atoms with E-state index in [2.05, 4.69) is 190 Å². The van der Waals surface area contributed by atoms with Gasteiger partial charge in [0.25, 0.3) is 0 Å². The summed E-state index contributed by atoms with van der Waals surface area (Å²) < 4.78 is 2.56. The van der Waals surface area contributed by atoms with Crippen LogP contribution in [0.15, 0.2) is 0 Å². The van der Waals surface area contributed by atoms with E-state index in [-0.39, 0.29) is 0 Å². The third-order valence-electron chi connectivity index (χ3n) is 6.47. The van der Waals surface area contributed by atoms with Gasteiger partial charge in [0.2, 0.25) is 10.6 Å². The first kappa shape index (κ1) is 77.4. The predicted octanol–water partition coefficient (Wildman–Crippen LogP) is 6.97. The van der Waals surface area contributed by atoms with E-state index in [1.165, 1.54) is 61.3 Å². The van der Waals surface area contributed by atoms with E-state index in [1.807, 2.05) is 0 Å². The van der Waals surface area contributed by atoms with Crippen molar-refractivity contribution in [3.05, 3.63) is 0 Å². The number of hydrogen-bond acceptors (Lipinski definition) is 26. The molecule has 0 fully saturated rings. The smallest absolute Gasteiger partial charge is 0.547 e. The number of carbonyl (C=O) groups excluding carboxylic acids is 6. The topological polar surface area (TPSA) is 437 Å². The molecule has 0 saturated heterocycles. The zero-order chi connectivity index (χ0) is 54.1. The van der Waals surface area contributed by atoms with E-state index < -0.39 is 68.7 Å². The fourth-order valence-electron chi connectivity index (χ4n) is 3.11. The third-order valence-corrected chi connectivity index (χ3v) is 6.90. The Morgan fingerprint density at radius 2 is 0.424 bits per heavy atom. The summed E-state index contributed by atoms with van der Waals surface area (Å²) >= 11 is 19.6. The highest BCUT2D eigenvalue weighted by atomic mass is 32.1. The number of rotatable bonds is 8. The average molecular weight is 1090 g/mol. The molecule has 0 atom stereocenters. The van der Waals surface area contributed by atoms with Gasteiger partial charge in [-0.25, -0.2) is 96.8 Å². The van der Waals surface area contributed by atoms with E-state index in [0.717, 1.165) is 0 Å². The van der Waals surface area contributed by atoms with E-state index in [0.29, 0.717) is 0 Å². The molecule has 0 amide bonds. The Balaban J connectivity index is -0.0000000971. The van der Waals surface area contributed by atoms with Gasteiger partial charge >= 0.3 is 58.1 Å². The summed E-state index contributed by atoms with van der Waals surface area (Å²) in [7, 11) is 0. The highest BCUT2D eigenvalue weighted by Gasteiger charge is 2.17. The molecule has 0 unspecified atom stereocenters. The average Bonchev–Trinajstić information content (AvgIpc) is 3.23. The van der Waals surface area contributed by atoms with E-state index in [9.17, 15) is 57.5 Å². The van der Waals surface area contributed by atoms with Crippen LogP contribution in [0.25, 0.3) is 0 Å². The van der Waals surface area contributed by atoms with Gasteiger partial charge in [0, 0.05) is 0 Å². The summed E-state index contributed by atoms with van der Waals surface area (Å²) in [4.78, 5) is 154. The van der Waals surface area contributed by atoms with Crippen molar-refractivity contribution in [1.29, 1.82) is 0 Å². The van der Waals surface area contributed by atoms with Crippen LogP contribution in [-0.2, 0) is 83.9 Å². The molecule has 66 heavy (non-hydrogen) atoms. The zero-order valence-corrected chi connectivity index (χ0v) is 40.8. The number of hydrogen-bond donors (Lipinski definition) is 10. The first-order valence-corrected chi connectivity index (χ1v) is 19.3. The maximum absolute atomic E-state index is 9.60. The Labute approximate surface area is 406 Å². The van der Waals surface area contributed by atoms with E-state index in [1.54, 1.807) is 0 Å². The second kappa shape index (κ2) is 51.8. The summed E-state index contributed by atoms with van der Waals surface area (Å²) in [6.45, 7) is 28.4. The van der Waals surface area contributed by atoms with Crippen LogP contribution in [0.3, 0.4) is 0 Å². The molecule has 388 valence electrons. The van der Waals surface area contributed by atoms with Gasteiger partial charge in [0.05, 0.1) is 52.4 Å². The molecule has 0 aliphatic rings.